The van der Waals surface area contributed by atoms with E-state index in [1.165, 1.54) is 4.90 Å². The topological polar surface area (TPSA) is 95.9 Å². The summed E-state index contributed by atoms with van der Waals surface area (Å²) in [7, 11) is 0. The van der Waals surface area contributed by atoms with Crippen molar-refractivity contribution in [3.05, 3.63) is 83.9 Å². The van der Waals surface area contributed by atoms with Crippen molar-refractivity contribution in [2.24, 2.45) is 0 Å². The summed E-state index contributed by atoms with van der Waals surface area (Å²) in [5.74, 6) is -1.43. The van der Waals surface area contributed by atoms with Gasteiger partial charge in [-0.3, -0.25) is 19.7 Å². The highest BCUT2D eigenvalue weighted by molar-refractivity contribution is 7.99. The van der Waals surface area contributed by atoms with Crippen LogP contribution < -0.4 is 5.32 Å². The fraction of sp³-hybridized carbons (Fsp3) is 0.321. The maximum absolute atomic E-state index is 13.5. The number of carboxylic acid groups (broad SMARTS) is 1. The Bertz CT molecular complexity index is 1220. The summed E-state index contributed by atoms with van der Waals surface area (Å²) in [5, 5.41) is 14.8. The molecular formula is C28H30N2O5S. The number of hydrogen-bond acceptors (Lipinski definition) is 6. The average molecular weight is 507 g/mol. The van der Waals surface area contributed by atoms with Gasteiger partial charge in [-0.25, -0.2) is 0 Å². The highest BCUT2D eigenvalue weighted by Gasteiger charge is 2.36. The van der Waals surface area contributed by atoms with Crippen molar-refractivity contribution >= 4 is 40.4 Å². The van der Waals surface area contributed by atoms with Crippen LogP contribution in [0.3, 0.4) is 0 Å². The summed E-state index contributed by atoms with van der Waals surface area (Å²) in [4.78, 5) is 39.2. The molecule has 1 saturated heterocycles. The zero-order valence-electron chi connectivity index (χ0n) is 20.1. The molecule has 0 radical (unpaired) electrons. The number of esters is 1. The molecular weight excluding hydrogens is 476 g/mol. The number of benzene rings is 3. The third kappa shape index (κ3) is 6.44. The first-order valence-corrected chi connectivity index (χ1v) is 13.1. The Hall–Kier alpha value is -3.36. The van der Waals surface area contributed by atoms with Gasteiger partial charge in [0.25, 0.3) is 0 Å². The Morgan fingerprint density at radius 3 is 2.53 bits per heavy atom. The highest BCUT2D eigenvalue weighted by Crippen LogP contribution is 2.35. The van der Waals surface area contributed by atoms with Crippen LogP contribution in [-0.2, 0) is 25.5 Å². The van der Waals surface area contributed by atoms with E-state index in [4.69, 9.17) is 4.74 Å². The van der Waals surface area contributed by atoms with Gasteiger partial charge in [0.05, 0.1) is 12.6 Å². The van der Waals surface area contributed by atoms with Gasteiger partial charge >= 0.3 is 11.9 Å². The number of thioether (sulfide) groups is 1. The third-order valence-electron chi connectivity index (χ3n) is 6.19. The molecule has 36 heavy (non-hydrogen) atoms. The van der Waals surface area contributed by atoms with E-state index in [1.54, 1.807) is 18.7 Å². The number of amides is 1. The van der Waals surface area contributed by atoms with Crippen LogP contribution >= 0.6 is 11.8 Å². The minimum atomic E-state index is -1.07. The molecule has 0 bridgehead atoms. The van der Waals surface area contributed by atoms with Crippen LogP contribution in [0.1, 0.15) is 23.3 Å². The lowest BCUT2D eigenvalue weighted by molar-refractivity contribution is -0.148. The van der Waals surface area contributed by atoms with Gasteiger partial charge < -0.3 is 14.7 Å². The lowest BCUT2D eigenvalue weighted by atomic mass is 10.0. The van der Waals surface area contributed by atoms with Crippen molar-refractivity contribution in [1.29, 1.82) is 0 Å². The second kappa shape index (κ2) is 12.1. The van der Waals surface area contributed by atoms with E-state index < -0.39 is 30.6 Å². The first-order valence-electron chi connectivity index (χ1n) is 12.0. The van der Waals surface area contributed by atoms with Crippen LogP contribution in [0, 0.1) is 0 Å². The number of carbonyl (C=O) groups excluding carboxylic acids is 2. The minimum Gasteiger partial charge on any atom is -0.480 e. The fourth-order valence-electron chi connectivity index (χ4n) is 4.43. The first-order chi connectivity index (χ1) is 17.4. The number of nitrogens with zero attached hydrogens (tertiary/aromatic N) is 1. The Morgan fingerprint density at radius 1 is 1.08 bits per heavy atom. The van der Waals surface area contributed by atoms with Gasteiger partial charge in [-0.15, -0.1) is 11.8 Å². The molecule has 1 aliphatic rings. The van der Waals surface area contributed by atoms with Crippen LogP contribution in [0.2, 0.25) is 0 Å². The van der Waals surface area contributed by atoms with Crippen molar-refractivity contribution < 1.29 is 24.2 Å². The number of ether oxygens (including phenoxy) is 1. The molecule has 4 rings (SSSR count). The summed E-state index contributed by atoms with van der Waals surface area (Å²) < 4.78 is 5.28. The lowest BCUT2D eigenvalue weighted by Gasteiger charge is -2.27. The zero-order valence-corrected chi connectivity index (χ0v) is 20.9. The molecule has 3 unspecified atom stereocenters. The van der Waals surface area contributed by atoms with Gasteiger partial charge in [0, 0.05) is 17.5 Å². The molecule has 3 aromatic carbocycles. The van der Waals surface area contributed by atoms with Crippen molar-refractivity contribution in [2.45, 2.75) is 30.7 Å². The van der Waals surface area contributed by atoms with Crippen LogP contribution in [0.4, 0.5) is 0 Å². The predicted molar refractivity (Wildman–Crippen MR) is 141 cm³/mol. The Labute approximate surface area is 214 Å². The SMILES string of the molecule is CCOC(=O)C(Cc1ccccc1)NC1CSC(c2ccc3ccccc3c2)CN(CC(=O)O)C1=O. The maximum atomic E-state index is 13.5. The minimum absolute atomic E-state index is 0.0973. The molecule has 3 aromatic rings. The van der Waals surface area contributed by atoms with Gasteiger partial charge in [-0.2, -0.15) is 0 Å². The second-order valence-electron chi connectivity index (χ2n) is 8.75. The van der Waals surface area contributed by atoms with E-state index in [-0.39, 0.29) is 24.3 Å². The number of nitrogens with one attached hydrogen (secondary N) is 1. The van der Waals surface area contributed by atoms with Crippen molar-refractivity contribution in [3.8, 4) is 0 Å². The van der Waals surface area contributed by atoms with Crippen molar-refractivity contribution in [1.82, 2.24) is 10.2 Å². The molecule has 0 aromatic heterocycles. The monoisotopic (exact) mass is 506 g/mol. The summed E-state index contributed by atoms with van der Waals surface area (Å²) in [5.41, 5.74) is 1.97. The van der Waals surface area contributed by atoms with Gasteiger partial charge in [-0.05, 0) is 41.3 Å². The summed E-state index contributed by atoms with van der Waals surface area (Å²) in [6, 6.07) is 22.3. The molecule has 1 aliphatic heterocycles. The van der Waals surface area contributed by atoms with E-state index in [0.717, 1.165) is 21.9 Å². The molecule has 1 fully saturated rings. The second-order valence-corrected chi connectivity index (χ2v) is 9.99. The van der Waals surface area contributed by atoms with Crippen molar-refractivity contribution in [3.63, 3.8) is 0 Å². The smallest absolute Gasteiger partial charge is 0.323 e. The van der Waals surface area contributed by atoms with E-state index in [2.05, 4.69) is 11.4 Å². The molecule has 0 spiro atoms. The number of rotatable bonds is 9. The molecule has 1 amide bonds. The van der Waals surface area contributed by atoms with Crippen molar-refractivity contribution in [2.75, 3.05) is 25.4 Å². The number of carboxylic acids is 1. The number of hydrogen-bond donors (Lipinski definition) is 2. The third-order valence-corrected chi connectivity index (χ3v) is 7.54. The van der Waals surface area contributed by atoms with Gasteiger partial charge in [0.2, 0.25) is 5.91 Å². The zero-order chi connectivity index (χ0) is 25.5. The molecule has 7 nitrogen and oxygen atoms in total. The standard InChI is InChI=1S/C28H30N2O5S/c1-2-35-28(34)23(14-19-8-4-3-5-9-19)29-24-18-36-25(16-30(27(24)33)17-26(31)32)22-13-12-20-10-6-7-11-21(20)15-22/h3-13,15,23-25,29H,2,14,16-18H2,1H3,(H,31,32). The summed E-state index contributed by atoms with van der Waals surface area (Å²) >= 11 is 1.59. The van der Waals surface area contributed by atoms with E-state index in [9.17, 15) is 19.5 Å². The highest BCUT2D eigenvalue weighted by atomic mass is 32.2. The molecule has 2 N–H and O–H groups in total. The lowest BCUT2D eigenvalue weighted by Crippen LogP contribution is -2.54. The molecule has 0 saturated carbocycles. The number of carbonyl (C=O) groups is 3. The largest absolute Gasteiger partial charge is 0.480 e. The summed E-state index contributed by atoms with van der Waals surface area (Å²) in [6.07, 6.45) is 0.362. The normalized spacial score (nSPS) is 19.0. The van der Waals surface area contributed by atoms with E-state index >= 15 is 0 Å². The molecule has 1 heterocycles. The molecule has 3 atom stereocenters. The van der Waals surface area contributed by atoms with Gasteiger partial charge in [0.15, 0.2) is 0 Å². The predicted octanol–water partition coefficient (Wildman–Crippen LogP) is 3.67. The van der Waals surface area contributed by atoms with Crippen LogP contribution in [-0.4, -0.2) is 65.4 Å². The maximum Gasteiger partial charge on any atom is 0.323 e. The van der Waals surface area contributed by atoms with Gasteiger partial charge in [-0.1, -0.05) is 66.7 Å². The molecule has 188 valence electrons. The Morgan fingerprint density at radius 2 is 1.81 bits per heavy atom. The number of fused-ring (bicyclic) bond motifs is 1. The molecule has 8 heteroatoms. The Balaban J connectivity index is 1.58. The Kier molecular flexibility index (Phi) is 8.61. The number of aliphatic carboxylic acids is 1. The first kappa shape index (κ1) is 25.7. The van der Waals surface area contributed by atoms with Gasteiger partial charge in [0.1, 0.15) is 12.6 Å². The average Bonchev–Trinajstić information content (AvgIpc) is 3.02. The quantitative estimate of drug-likeness (QED) is 0.428. The van der Waals surface area contributed by atoms with E-state index in [1.807, 2.05) is 66.7 Å². The van der Waals surface area contributed by atoms with Crippen LogP contribution in [0.15, 0.2) is 72.8 Å². The summed E-state index contributed by atoms with van der Waals surface area (Å²) in [6.45, 7) is 1.85. The van der Waals surface area contributed by atoms with Crippen LogP contribution in [0.25, 0.3) is 10.8 Å². The van der Waals surface area contributed by atoms with E-state index in [0.29, 0.717) is 12.2 Å². The molecule has 0 aliphatic carbocycles. The fourth-order valence-corrected chi connectivity index (χ4v) is 5.72. The van der Waals surface area contributed by atoms with Crippen LogP contribution in [0.5, 0.6) is 0 Å².